The van der Waals surface area contributed by atoms with Crippen LogP contribution in [-0.2, 0) is 11.3 Å². The Morgan fingerprint density at radius 3 is 2.26 bits per heavy atom. The molecule has 0 saturated carbocycles. The lowest BCUT2D eigenvalue weighted by atomic mass is 10.0. The van der Waals surface area contributed by atoms with Crippen molar-refractivity contribution in [3.63, 3.8) is 0 Å². The number of halogens is 1. The lowest BCUT2D eigenvalue weighted by molar-refractivity contribution is -0.116. The molecular weight excluding hydrogens is 456 g/mol. The van der Waals surface area contributed by atoms with Crippen LogP contribution >= 0.6 is 11.6 Å². The van der Waals surface area contributed by atoms with Gasteiger partial charge in [0.25, 0.3) is 0 Å². The van der Waals surface area contributed by atoms with Crippen LogP contribution in [-0.4, -0.2) is 30.5 Å². The van der Waals surface area contributed by atoms with Gasteiger partial charge in [-0.1, -0.05) is 41.9 Å². The summed E-state index contributed by atoms with van der Waals surface area (Å²) in [5.41, 5.74) is 0.852. The summed E-state index contributed by atoms with van der Waals surface area (Å²) in [7, 11) is 3.03. The second-order valence-electron chi connectivity index (χ2n) is 7.51. The Balaban J connectivity index is 1.73. The maximum atomic E-state index is 13.1. The lowest BCUT2D eigenvalue weighted by Crippen LogP contribution is -2.24. The number of fused-ring (bicyclic) bond motifs is 1. The van der Waals surface area contributed by atoms with Crippen molar-refractivity contribution in [1.29, 1.82) is 0 Å². The smallest absolute Gasteiger partial charge is 0.244 e. The van der Waals surface area contributed by atoms with E-state index in [1.165, 1.54) is 26.5 Å². The summed E-state index contributed by atoms with van der Waals surface area (Å²) in [4.78, 5) is 39.2. The van der Waals surface area contributed by atoms with Crippen molar-refractivity contribution < 1.29 is 19.1 Å². The third kappa shape index (κ3) is 4.79. The molecule has 8 heteroatoms. The van der Waals surface area contributed by atoms with Crippen LogP contribution in [0.4, 0.5) is 5.69 Å². The van der Waals surface area contributed by atoms with Gasteiger partial charge >= 0.3 is 0 Å². The third-order valence-corrected chi connectivity index (χ3v) is 5.51. The van der Waals surface area contributed by atoms with E-state index in [1.54, 1.807) is 65.2 Å². The zero-order valence-corrected chi connectivity index (χ0v) is 19.3. The number of benzene rings is 3. The first-order chi connectivity index (χ1) is 16.4. The van der Waals surface area contributed by atoms with E-state index in [0.717, 1.165) is 0 Å². The number of anilines is 1. The molecule has 0 bridgehead atoms. The summed E-state index contributed by atoms with van der Waals surface area (Å²) < 4.78 is 12.0. The monoisotopic (exact) mass is 476 g/mol. The molecule has 3 aromatic carbocycles. The number of rotatable bonds is 7. The molecule has 4 aromatic rings. The van der Waals surface area contributed by atoms with E-state index in [-0.39, 0.29) is 23.4 Å². The van der Waals surface area contributed by atoms with Gasteiger partial charge in [0.2, 0.25) is 11.3 Å². The maximum Gasteiger partial charge on any atom is 0.244 e. The van der Waals surface area contributed by atoms with Gasteiger partial charge in [-0.05, 0) is 18.2 Å². The number of methoxy groups -OCH3 is 2. The number of ether oxygens (including phenoxy) is 2. The molecule has 0 spiro atoms. The quantitative estimate of drug-likeness (QED) is 0.396. The Bertz CT molecular complexity index is 1430. The summed E-state index contributed by atoms with van der Waals surface area (Å²) in [5.74, 6) is 0.246. The predicted molar refractivity (Wildman–Crippen MR) is 131 cm³/mol. The third-order valence-electron chi connectivity index (χ3n) is 5.27. The van der Waals surface area contributed by atoms with Crippen molar-refractivity contribution in [2.45, 2.75) is 6.54 Å². The number of nitrogens with zero attached hydrogens (tertiary/aromatic N) is 1. The first-order valence-corrected chi connectivity index (χ1v) is 10.7. The van der Waals surface area contributed by atoms with E-state index in [2.05, 4.69) is 5.32 Å². The Morgan fingerprint density at radius 2 is 1.62 bits per heavy atom. The molecule has 0 radical (unpaired) electrons. The van der Waals surface area contributed by atoms with Crippen molar-refractivity contribution in [3.05, 3.63) is 99.3 Å². The molecule has 0 atom stereocenters. The van der Waals surface area contributed by atoms with Crippen LogP contribution in [0.2, 0.25) is 5.02 Å². The molecule has 1 N–H and O–H groups in total. The minimum atomic E-state index is -0.444. The zero-order valence-electron chi connectivity index (χ0n) is 18.5. The van der Waals surface area contributed by atoms with Crippen molar-refractivity contribution in [3.8, 4) is 11.5 Å². The highest BCUT2D eigenvalue weighted by Gasteiger charge is 2.18. The van der Waals surface area contributed by atoms with E-state index in [9.17, 15) is 14.4 Å². The molecule has 172 valence electrons. The highest BCUT2D eigenvalue weighted by atomic mass is 35.5. The van der Waals surface area contributed by atoms with Crippen LogP contribution in [0.3, 0.4) is 0 Å². The molecule has 0 aliphatic rings. The van der Waals surface area contributed by atoms with E-state index >= 15 is 0 Å². The van der Waals surface area contributed by atoms with Gasteiger partial charge in [-0.25, -0.2) is 0 Å². The molecule has 1 amide bonds. The van der Waals surface area contributed by atoms with Gasteiger partial charge in [-0.2, -0.15) is 0 Å². The van der Waals surface area contributed by atoms with Gasteiger partial charge < -0.3 is 19.4 Å². The van der Waals surface area contributed by atoms with Crippen molar-refractivity contribution in [2.75, 3.05) is 19.5 Å². The fourth-order valence-electron chi connectivity index (χ4n) is 3.64. The number of hydrogen-bond acceptors (Lipinski definition) is 5. The number of carbonyl (C=O) groups excluding carboxylic acids is 2. The molecule has 4 rings (SSSR count). The molecule has 0 aliphatic carbocycles. The summed E-state index contributed by atoms with van der Waals surface area (Å²) >= 11 is 6.13. The molecule has 34 heavy (non-hydrogen) atoms. The topological polar surface area (TPSA) is 86.6 Å². The number of hydrogen-bond donors (Lipinski definition) is 1. The van der Waals surface area contributed by atoms with E-state index in [4.69, 9.17) is 21.1 Å². The van der Waals surface area contributed by atoms with Crippen LogP contribution in [0.15, 0.2) is 77.7 Å². The fraction of sp³-hybridized carbons (Fsp3) is 0.115. The van der Waals surface area contributed by atoms with E-state index < -0.39 is 11.2 Å². The largest absolute Gasteiger partial charge is 0.497 e. The van der Waals surface area contributed by atoms with E-state index in [1.807, 2.05) is 0 Å². The molecule has 0 fully saturated rings. The van der Waals surface area contributed by atoms with Gasteiger partial charge in [0.15, 0.2) is 5.78 Å². The number of aromatic nitrogens is 1. The summed E-state index contributed by atoms with van der Waals surface area (Å²) in [5, 5.41) is 3.41. The predicted octanol–water partition coefficient (Wildman–Crippen LogP) is 4.54. The minimum Gasteiger partial charge on any atom is -0.497 e. The van der Waals surface area contributed by atoms with Crippen LogP contribution in [0.5, 0.6) is 11.5 Å². The summed E-state index contributed by atoms with van der Waals surface area (Å²) in [6, 6.07) is 18.3. The van der Waals surface area contributed by atoms with Gasteiger partial charge in [-0.3, -0.25) is 14.4 Å². The molecule has 7 nitrogen and oxygen atoms in total. The average Bonchev–Trinajstić information content (AvgIpc) is 2.85. The van der Waals surface area contributed by atoms with Gasteiger partial charge in [0.05, 0.1) is 25.3 Å². The number of carbonyl (C=O) groups is 2. The maximum absolute atomic E-state index is 13.1. The van der Waals surface area contributed by atoms with Crippen LogP contribution in [0.25, 0.3) is 10.9 Å². The van der Waals surface area contributed by atoms with E-state index in [0.29, 0.717) is 33.3 Å². The Kier molecular flexibility index (Phi) is 6.65. The zero-order chi connectivity index (χ0) is 24.2. The summed E-state index contributed by atoms with van der Waals surface area (Å²) in [6.07, 6.45) is 1.42. The first kappa shape index (κ1) is 23.1. The second kappa shape index (κ2) is 9.80. The Morgan fingerprint density at radius 1 is 0.941 bits per heavy atom. The van der Waals surface area contributed by atoms with Crippen LogP contribution in [0, 0.1) is 0 Å². The Labute approximate surface area is 200 Å². The molecule has 0 saturated heterocycles. The highest BCUT2D eigenvalue weighted by molar-refractivity contribution is 6.31. The van der Waals surface area contributed by atoms with Gasteiger partial charge in [0, 0.05) is 46.1 Å². The van der Waals surface area contributed by atoms with Crippen molar-refractivity contribution in [2.24, 2.45) is 0 Å². The normalized spacial score (nSPS) is 10.7. The number of amides is 1. The Hall–Kier alpha value is -4.10. The van der Waals surface area contributed by atoms with Crippen molar-refractivity contribution in [1.82, 2.24) is 4.57 Å². The number of nitrogens with one attached hydrogen (secondary N) is 1. The van der Waals surface area contributed by atoms with Gasteiger partial charge in [-0.15, -0.1) is 0 Å². The second-order valence-corrected chi connectivity index (χ2v) is 7.94. The molecular formula is C26H21ClN2O5. The van der Waals surface area contributed by atoms with Crippen molar-refractivity contribution >= 4 is 39.9 Å². The number of ketones is 1. The average molecular weight is 477 g/mol. The summed E-state index contributed by atoms with van der Waals surface area (Å²) in [6.45, 7) is -0.146. The first-order valence-electron chi connectivity index (χ1n) is 10.3. The minimum absolute atomic E-state index is 0.0446. The fourth-order valence-corrected chi connectivity index (χ4v) is 3.81. The highest BCUT2D eigenvalue weighted by Crippen LogP contribution is 2.26. The van der Waals surface area contributed by atoms with Crippen LogP contribution < -0.4 is 20.2 Å². The SMILES string of the molecule is COc1cc(NC(=O)Cn2cc(C(=O)c3ccccc3)c(=O)c3cc(Cl)ccc32)cc(OC)c1. The standard InChI is InChI=1S/C26H21ClN2O5/c1-33-19-11-18(12-20(13-19)34-2)28-24(30)15-29-14-22(25(31)16-6-4-3-5-7-16)26(32)21-10-17(27)8-9-23(21)29/h3-14H,15H2,1-2H3,(H,28,30). The molecule has 1 heterocycles. The van der Waals surface area contributed by atoms with Gasteiger partial charge in [0.1, 0.15) is 18.0 Å². The number of pyridine rings is 1. The lowest BCUT2D eigenvalue weighted by Gasteiger charge is -2.14. The molecule has 1 aromatic heterocycles. The molecule has 0 aliphatic heterocycles. The van der Waals surface area contributed by atoms with Crippen LogP contribution in [0.1, 0.15) is 15.9 Å². The molecule has 0 unspecified atom stereocenters.